The first-order valence-corrected chi connectivity index (χ1v) is 11.7. The van der Waals surface area contributed by atoms with Crippen molar-refractivity contribution in [3.8, 4) is 17.2 Å². The highest BCUT2D eigenvalue weighted by Gasteiger charge is 2.32. The minimum atomic E-state index is -0.345. The monoisotopic (exact) mass is 469 g/mol. The lowest BCUT2D eigenvalue weighted by Gasteiger charge is -2.38. The topological polar surface area (TPSA) is 89.1 Å². The van der Waals surface area contributed by atoms with Gasteiger partial charge < -0.3 is 29.7 Å². The van der Waals surface area contributed by atoms with E-state index in [2.05, 4.69) is 10.6 Å². The van der Waals surface area contributed by atoms with E-state index in [4.69, 9.17) is 14.2 Å². The Morgan fingerprint density at radius 2 is 1.76 bits per heavy atom. The number of anilines is 1. The number of hydrogen-bond acceptors (Lipinski definition) is 5. The van der Waals surface area contributed by atoms with Crippen LogP contribution in [0.1, 0.15) is 44.4 Å². The van der Waals surface area contributed by atoms with Crippen molar-refractivity contribution in [2.45, 2.75) is 39.7 Å². The SMILES string of the molecule is CCOc1ccc(NC(=O)N2CCc3cc(OC)c(OC)cc3[C@H]2CNC(=O)CC(C)C)cc1. The molecule has 1 aliphatic rings. The van der Waals surface area contributed by atoms with Gasteiger partial charge in [-0.1, -0.05) is 13.8 Å². The van der Waals surface area contributed by atoms with Crippen molar-refractivity contribution in [2.24, 2.45) is 5.92 Å². The minimum absolute atomic E-state index is 0.0329. The molecular formula is C26H35N3O5. The first-order chi connectivity index (χ1) is 16.4. The van der Waals surface area contributed by atoms with Gasteiger partial charge in [0.1, 0.15) is 5.75 Å². The van der Waals surface area contributed by atoms with Crippen LogP contribution in [0.3, 0.4) is 0 Å². The van der Waals surface area contributed by atoms with E-state index in [1.807, 2.05) is 57.2 Å². The van der Waals surface area contributed by atoms with Crippen molar-refractivity contribution < 1.29 is 23.8 Å². The van der Waals surface area contributed by atoms with Crippen LogP contribution in [-0.4, -0.2) is 50.8 Å². The third kappa shape index (κ3) is 6.12. The van der Waals surface area contributed by atoms with Crippen LogP contribution in [0, 0.1) is 5.92 Å². The van der Waals surface area contributed by atoms with Crippen LogP contribution in [0.2, 0.25) is 0 Å². The maximum atomic E-state index is 13.3. The molecule has 0 bridgehead atoms. The Labute approximate surface area is 201 Å². The molecule has 1 atom stereocenters. The van der Waals surface area contributed by atoms with E-state index in [1.165, 1.54) is 0 Å². The molecule has 0 aliphatic carbocycles. The van der Waals surface area contributed by atoms with Gasteiger partial charge in [-0.25, -0.2) is 4.79 Å². The number of amides is 3. The molecule has 8 heteroatoms. The fourth-order valence-electron chi connectivity index (χ4n) is 4.14. The lowest BCUT2D eigenvalue weighted by molar-refractivity contribution is -0.122. The molecule has 184 valence electrons. The first kappa shape index (κ1) is 25.2. The average molecular weight is 470 g/mol. The number of nitrogens with one attached hydrogen (secondary N) is 2. The van der Waals surface area contributed by atoms with Crippen LogP contribution < -0.4 is 24.8 Å². The quantitative estimate of drug-likeness (QED) is 0.568. The largest absolute Gasteiger partial charge is 0.494 e. The lowest BCUT2D eigenvalue weighted by atomic mass is 9.91. The third-order valence-electron chi connectivity index (χ3n) is 5.77. The van der Waals surface area contributed by atoms with Gasteiger partial charge in [0.05, 0.1) is 26.9 Å². The zero-order valence-corrected chi connectivity index (χ0v) is 20.6. The van der Waals surface area contributed by atoms with Crippen molar-refractivity contribution in [3.63, 3.8) is 0 Å². The Morgan fingerprint density at radius 1 is 1.09 bits per heavy atom. The molecule has 0 spiro atoms. The number of nitrogens with zero attached hydrogens (tertiary/aromatic N) is 1. The third-order valence-corrected chi connectivity index (χ3v) is 5.77. The van der Waals surface area contributed by atoms with Gasteiger partial charge in [0.25, 0.3) is 0 Å². The second-order valence-electron chi connectivity index (χ2n) is 8.65. The van der Waals surface area contributed by atoms with E-state index in [0.717, 1.165) is 16.9 Å². The molecule has 0 aromatic heterocycles. The van der Waals surface area contributed by atoms with E-state index in [9.17, 15) is 9.59 Å². The van der Waals surface area contributed by atoms with Crippen molar-refractivity contribution in [1.82, 2.24) is 10.2 Å². The zero-order chi connectivity index (χ0) is 24.7. The predicted octanol–water partition coefficient (Wildman–Crippen LogP) is 4.40. The molecule has 0 fully saturated rings. The van der Waals surface area contributed by atoms with Crippen molar-refractivity contribution in [2.75, 3.05) is 39.2 Å². The van der Waals surface area contributed by atoms with E-state index in [0.29, 0.717) is 49.7 Å². The summed E-state index contributed by atoms with van der Waals surface area (Å²) in [6.45, 7) is 7.33. The second kappa shape index (κ2) is 11.6. The van der Waals surface area contributed by atoms with E-state index >= 15 is 0 Å². The molecule has 0 unspecified atom stereocenters. The zero-order valence-electron chi connectivity index (χ0n) is 20.6. The fraction of sp³-hybridized carbons (Fsp3) is 0.462. The van der Waals surface area contributed by atoms with E-state index in [-0.39, 0.29) is 23.9 Å². The molecule has 2 aromatic carbocycles. The Balaban J connectivity index is 1.85. The number of rotatable bonds is 9. The van der Waals surface area contributed by atoms with Crippen LogP contribution in [0.15, 0.2) is 36.4 Å². The summed E-state index contributed by atoms with van der Waals surface area (Å²) in [4.78, 5) is 27.5. The number of carbonyl (C=O) groups is 2. The summed E-state index contributed by atoms with van der Waals surface area (Å²) >= 11 is 0. The molecule has 1 heterocycles. The molecule has 0 saturated carbocycles. The maximum absolute atomic E-state index is 13.3. The molecular weight excluding hydrogens is 434 g/mol. The van der Waals surface area contributed by atoms with Gasteiger partial charge in [-0.05, 0) is 66.8 Å². The highest BCUT2D eigenvalue weighted by Crippen LogP contribution is 2.38. The van der Waals surface area contributed by atoms with E-state index in [1.54, 1.807) is 19.1 Å². The standard InChI is InChI=1S/C26H35N3O5/c1-6-34-20-9-7-19(8-10-20)28-26(31)29-12-11-18-14-23(32-4)24(33-5)15-21(18)22(29)16-27-25(30)13-17(2)3/h7-10,14-15,17,22H,6,11-13,16H2,1-5H3,(H,27,30)(H,28,31)/t22-/m1/s1. The number of fused-ring (bicyclic) bond motifs is 1. The Kier molecular flexibility index (Phi) is 8.62. The summed E-state index contributed by atoms with van der Waals surface area (Å²) in [6.07, 6.45) is 1.10. The van der Waals surface area contributed by atoms with Crippen LogP contribution >= 0.6 is 0 Å². The first-order valence-electron chi connectivity index (χ1n) is 11.7. The lowest BCUT2D eigenvalue weighted by Crippen LogP contribution is -2.47. The van der Waals surface area contributed by atoms with Crippen molar-refractivity contribution >= 4 is 17.6 Å². The Morgan fingerprint density at radius 3 is 2.38 bits per heavy atom. The number of urea groups is 1. The molecule has 3 amide bonds. The summed E-state index contributed by atoms with van der Waals surface area (Å²) in [5.41, 5.74) is 2.69. The predicted molar refractivity (Wildman–Crippen MR) is 132 cm³/mol. The summed E-state index contributed by atoms with van der Waals surface area (Å²) in [6, 6.07) is 10.6. The molecule has 0 saturated heterocycles. The van der Waals surface area contributed by atoms with Gasteiger partial charge in [0, 0.05) is 25.2 Å². The summed E-state index contributed by atoms with van der Waals surface area (Å²) in [5.74, 6) is 2.21. The maximum Gasteiger partial charge on any atom is 0.322 e. The molecule has 1 aliphatic heterocycles. The Bertz CT molecular complexity index is 991. The number of methoxy groups -OCH3 is 2. The molecule has 2 N–H and O–H groups in total. The highest BCUT2D eigenvalue weighted by molar-refractivity contribution is 5.90. The van der Waals surface area contributed by atoms with Gasteiger partial charge in [0.2, 0.25) is 5.91 Å². The van der Waals surface area contributed by atoms with Crippen LogP contribution in [0.25, 0.3) is 0 Å². The van der Waals surface area contributed by atoms with Crippen LogP contribution in [0.5, 0.6) is 17.2 Å². The second-order valence-corrected chi connectivity index (χ2v) is 8.65. The van der Waals surface area contributed by atoms with Gasteiger partial charge >= 0.3 is 6.03 Å². The van der Waals surface area contributed by atoms with Gasteiger partial charge in [-0.3, -0.25) is 4.79 Å². The van der Waals surface area contributed by atoms with E-state index < -0.39 is 0 Å². The van der Waals surface area contributed by atoms with Crippen LogP contribution in [-0.2, 0) is 11.2 Å². The minimum Gasteiger partial charge on any atom is -0.494 e. The van der Waals surface area contributed by atoms with Crippen LogP contribution in [0.4, 0.5) is 10.5 Å². The van der Waals surface area contributed by atoms with Crippen molar-refractivity contribution in [1.29, 1.82) is 0 Å². The smallest absolute Gasteiger partial charge is 0.322 e. The Hall–Kier alpha value is -3.42. The highest BCUT2D eigenvalue weighted by atomic mass is 16.5. The normalized spacial score (nSPS) is 14.9. The van der Waals surface area contributed by atoms with Crippen molar-refractivity contribution in [3.05, 3.63) is 47.5 Å². The fourth-order valence-corrected chi connectivity index (χ4v) is 4.14. The molecule has 3 rings (SSSR count). The van der Waals surface area contributed by atoms with Gasteiger partial charge in [0.15, 0.2) is 11.5 Å². The number of carbonyl (C=O) groups excluding carboxylic acids is 2. The summed E-state index contributed by atoms with van der Waals surface area (Å²) < 4.78 is 16.4. The number of hydrogen-bond donors (Lipinski definition) is 2. The molecule has 34 heavy (non-hydrogen) atoms. The number of benzene rings is 2. The molecule has 2 aromatic rings. The van der Waals surface area contributed by atoms with Gasteiger partial charge in [-0.2, -0.15) is 0 Å². The molecule has 0 radical (unpaired) electrons. The van der Waals surface area contributed by atoms with Gasteiger partial charge in [-0.15, -0.1) is 0 Å². The summed E-state index contributed by atoms with van der Waals surface area (Å²) in [7, 11) is 3.19. The average Bonchev–Trinajstić information content (AvgIpc) is 2.82. The summed E-state index contributed by atoms with van der Waals surface area (Å²) in [5, 5.41) is 5.99. The molecule has 8 nitrogen and oxygen atoms in total. The number of ether oxygens (including phenoxy) is 3.